The van der Waals surface area contributed by atoms with Crippen LogP contribution in [0.25, 0.3) is 10.9 Å². The van der Waals surface area contributed by atoms with E-state index in [2.05, 4.69) is 25.2 Å². The van der Waals surface area contributed by atoms with E-state index in [1.54, 1.807) is 20.0 Å². The monoisotopic (exact) mass is 441 g/mol. The van der Waals surface area contributed by atoms with Gasteiger partial charge in [-0.3, -0.25) is 0 Å². The number of aryl methyl sites for hydroxylation is 1. The maximum absolute atomic E-state index is 14.7. The van der Waals surface area contributed by atoms with Crippen LogP contribution in [0.2, 0.25) is 0 Å². The second kappa shape index (κ2) is 8.22. The van der Waals surface area contributed by atoms with Crippen molar-refractivity contribution in [1.29, 1.82) is 0 Å². The Morgan fingerprint density at radius 1 is 1.09 bits per heavy atom. The normalized spacial score (nSPS) is 21.4. The van der Waals surface area contributed by atoms with Gasteiger partial charge in [0.1, 0.15) is 23.3 Å². The fourth-order valence-electron chi connectivity index (χ4n) is 5.20. The molecule has 1 aliphatic heterocycles. The number of nitrogens with one attached hydrogen (secondary N) is 1. The van der Waals surface area contributed by atoms with Crippen molar-refractivity contribution in [2.24, 2.45) is 11.8 Å². The third kappa shape index (κ3) is 3.76. The second-order valence-electron chi connectivity index (χ2n) is 8.95. The summed E-state index contributed by atoms with van der Waals surface area (Å²) < 4.78 is 41.0. The first-order valence-corrected chi connectivity index (χ1v) is 11.1. The molecule has 3 unspecified atom stereocenters. The standard InChI is InChI=1S/C24H26F3N5/c1-13(17-7-4-8-18(22(17)25)23(26)27)29-24-19-9-21(28-10-20(19)30-14(2)31-24)32-11-15-5-3-6-16(15)12-32/h4,7-10,13,15-16,23H,3,5-6,11-12H2,1-2H3,(H,29,30,31). The van der Waals surface area contributed by atoms with Crippen LogP contribution in [0.3, 0.4) is 0 Å². The molecule has 5 rings (SSSR count). The number of hydrogen-bond acceptors (Lipinski definition) is 5. The van der Waals surface area contributed by atoms with Gasteiger partial charge in [-0.05, 0) is 44.6 Å². The number of nitrogens with zero attached hydrogens (tertiary/aromatic N) is 4. The molecular weight excluding hydrogens is 415 g/mol. The number of aromatic nitrogens is 3. The van der Waals surface area contributed by atoms with Crippen molar-refractivity contribution in [1.82, 2.24) is 15.0 Å². The van der Waals surface area contributed by atoms with Crippen molar-refractivity contribution in [2.75, 3.05) is 23.3 Å². The Morgan fingerprint density at radius 3 is 2.53 bits per heavy atom. The summed E-state index contributed by atoms with van der Waals surface area (Å²) in [6.45, 7) is 5.55. The van der Waals surface area contributed by atoms with Gasteiger partial charge in [0.2, 0.25) is 0 Å². The fraction of sp³-hybridized carbons (Fsp3) is 0.458. The predicted octanol–water partition coefficient (Wildman–Crippen LogP) is 5.82. The van der Waals surface area contributed by atoms with Crippen molar-refractivity contribution in [3.63, 3.8) is 0 Å². The van der Waals surface area contributed by atoms with Crippen molar-refractivity contribution in [3.05, 3.63) is 53.2 Å². The van der Waals surface area contributed by atoms with E-state index in [0.717, 1.165) is 42.2 Å². The maximum atomic E-state index is 14.7. The van der Waals surface area contributed by atoms with Gasteiger partial charge < -0.3 is 10.2 Å². The van der Waals surface area contributed by atoms with E-state index in [-0.39, 0.29) is 5.56 Å². The van der Waals surface area contributed by atoms with Gasteiger partial charge in [-0.1, -0.05) is 24.6 Å². The molecule has 0 bridgehead atoms. The van der Waals surface area contributed by atoms with Gasteiger partial charge in [0.05, 0.1) is 23.3 Å². The fourth-order valence-corrected chi connectivity index (χ4v) is 5.20. The van der Waals surface area contributed by atoms with Crippen LogP contribution in [-0.4, -0.2) is 28.0 Å². The summed E-state index contributed by atoms with van der Waals surface area (Å²) in [5.74, 6) is 2.59. The van der Waals surface area contributed by atoms with Gasteiger partial charge in [-0.25, -0.2) is 28.1 Å². The molecule has 3 atom stereocenters. The lowest BCUT2D eigenvalue weighted by Crippen LogP contribution is -2.21. The number of benzene rings is 1. The Bertz CT molecular complexity index is 1140. The Kier molecular flexibility index (Phi) is 5.39. The average Bonchev–Trinajstić information content (AvgIpc) is 3.35. The summed E-state index contributed by atoms with van der Waals surface area (Å²) in [6.07, 6.45) is 2.77. The van der Waals surface area contributed by atoms with Gasteiger partial charge in [0, 0.05) is 24.0 Å². The van der Waals surface area contributed by atoms with Gasteiger partial charge in [0.15, 0.2) is 0 Å². The van der Waals surface area contributed by atoms with Crippen LogP contribution in [-0.2, 0) is 0 Å². The van der Waals surface area contributed by atoms with Crippen LogP contribution in [0.4, 0.5) is 24.8 Å². The minimum atomic E-state index is -2.86. The SMILES string of the molecule is Cc1nc(NC(C)c2cccc(C(F)F)c2F)c2cc(N3CC4CCCC4C3)ncc2n1. The highest BCUT2D eigenvalue weighted by molar-refractivity contribution is 5.90. The minimum Gasteiger partial charge on any atom is -0.363 e. The molecule has 1 N–H and O–H groups in total. The number of anilines is 2. The van der Waals surface area contributed by atoms with Gasteiger partial charge in [-0.15, -0.1) is 0 Å². The number of fused-ring (bicyclic) bond motifs is 2. The summed E-state index contributed by atoms with van der Waals surface area (Å²) in [4.78, 5) is 16.0. The molecule has 3 heterocycles. The molecule has 1 saturated carbocycles. The summed E-state index contributed by atoms with van der Waals surface area (Å²) in [7, 11) is 0. The molecule has 0 amide bonds. The number of halogens is 3. The first-order chi connectivity index (χ1) is 15.4. The smallest absolute Gasteiger partial charge is 0.266 e. The van der Waals surface area contributed by atoms with Crippen LogP contribution >= 0.6 is 0 Å². The number of rotatable bonds is 5. The molecule has 1 saturated heterocycles. The first kappa shape index (κ1) is 21.0. The average molecular weight is 442 g/mol. The maximum Gasteiger partial charge on any atom is 0.266 e. The summed E-state index contributed by atoms with van der Waals surface area (Å²) in [6, 6.07) is 5.51. The number of alkyl halides is 2. The van der Waals surface area contributed by atoms with Crippen molar-refractivity contribution in [2.45, 2.75) is 45.6 Å². The lowest BCUT2D eigenvalue weighted by atomic mass is 10.0. The van der Waals surface area contributed by atoms with Gasteiger partial charge in [0.25, 0.3) is 6.43 Å². The molecule has 2 fully saturated rings. The van der Waals surface area contributed by atoms with E-state index in [4.69, 9.17) is 0 Å². The van der Waals surface area contributed by atoms with Gasteiger partial charge >= 0.3 is 0 Å². The van der Waals surface area contributed by atoms with E-state index in [9.17, 15) is 13.2 Å². The number of pyridine rings is 1. The Balaban J connectivity index is 1.47. The molecule has 5 nitrogen and oxygen atoms in total. The Hall–Kier alpha value is -2.90. The number of hydrogen-bond donors (Lipinski definition) is 1. The van der Waals surface area contributed by atoms with Crippen LogP contribution in [0.1, 0.15) is 55.6 Å². The molecule has 0 spiro atoms. The van der Waals surface area contributed by atoms with E-state index >= 15 is 0 Å². The summed E-state index contributed by atoms with van der Waals surface area (Å²) >= 11 is 0. The lowest BCUT2D eigenvalue weighted by Gasteiger charge is -2.21. The summed E-state index contributed by atoms with van der Waals surface area (Å²) in [5.41, 5.74) is 0.275. The zero-order valence-electron chi connectivity index (χ0n) is 18.2. The van der Waals surface area contributed by atoms with Crippen LogP contribution in [0.15, 0.2) is 30.5 Å². The van der Waals surface area contributed by atoms with E-state index in [1.165, 1.54) is 31.4 Å². The molecule has 2 aromatic heterocycles. The molecule has 168 valence electrons. The Labute approximate surface area is 185 Å². The molecular formula is C24H26F3N5. The molecule has 1 aromatic carbocycles. The summed E-state index contributed by atoms with van der Waals surface area (Å²) in [5, 5.41) is 4.01. The molecule has 8 heteroatoms. The predicted molar refractivity (Wildman–Crippen MR) is 119 cm³/mol. The largest absolute Gasteiger partial charge is 0.363 e. The highest BCUT2D eigenvalue weighted by Gasteiger charge is 2.36. The topological polar surface area (TPSA) is 53.9 Å². The van der Waals surface area contributed by atoms with E-state index < -0.39 is 23.8 Å². The molecule has 1 aliphatic carbocycles. The molecule has 0 radical (unpaired) electrons. The highest BCUT2D eigenvalue weighted by atomic mass is 19.3. The second-order valence-corrected chi connectivity index (χ2v) is 8.95. The first-order valence-electron chi connectivity index (χ1n) is 11.1. The van der Waals surface area contributed by atoms with E-state index in [0.29, 0.717) is 17.2 Å². The Morgan fingerprint density at radius 2 is 1.81 bits per heavy atom. The van der Waals surface area contributed by atoms with Crippen molar-refractivity contribution >= 4 is 22.5 Å². The van der Waals surface area contributed by atoms with E-state index in [1.807, 2.05) is 6.07 Å². The lowest BCUT2D eigenvalue weighted by molar-refractivity contribution is 0.146. The molecule has 32 heavy (non-hydrogen) atoms. The third-order valence-electron chi connectivity index (χ3n) is 6.84. The van der Waals surface area contributed by atoms with Crippen molar-refractivity contribution in [3.8, 4) is 0 Å². The third-order valence-corrected chi connectivity index (χ3v) is 6.84. The van der Waals surface area contributed by atoms with Crippen LogP contribution in [0.5, 0.6) is 0 Å². The van der Waals surface area contributed by atoms with Crippen LogP contribution in [0, 0.1) is 24.6 Å². The highest BCUT2D eigenvalue weighted by Crippen LogP contribution is 2.40. The van der Waals surface area contributed by atoms with Crippen LogP contribution < -0.4 is 10.2 Å². The quantitative estimate of drug-likeness (QED) is 0.541. The molecule has 3 aromatic rings. The minimum absolute atomic E-state index is 0.175. The molecule has 2 aliphatic rings. The zero-order chi connectivity index (χ0) is 22.4. The van der Waals surface area contributed by atoms with Crippen molar-refractivity contribution < 1.29 is 13.2 Å². The zero-order valence-corrected chi connectivity index (χ0v) is 18.2. The van der Waals surface area contributed by atoms with Gasteiger partial charge in [-0.2, -0.15) is 0 Å².